The molecular weight excluding hydrogens is 340 g/mol. The molecule has 0 atom stereocenters. The van der Waals surface area contributed by atoms with Gasteiger partial charge in [-0.1, -0.05) is 35.8 Å². The van der Waals surface area contributed by atoms with Crippen LogP contribution in [-0.2, 0) is 12.0 Å². The Kier molecular flexibility index (Phi) is 4.05. The van der Waals surface area contributed by atoms with Crippen LogP contribution in [0.4, 0.5) is 0 Å². The number of nitrogens with zero attached hydrogens (tertiary/aromatic N) is 5. The van der Waals surface area contributed by atoms with Gasteiger partial charge in [0.2, 0.25) is 5.82 Å². The molecule has 0 saturated heterocycles. The summed E-state index contributed by atoms with van der Waals surface area (Å²) >= 11 is 6.32. The lowest BCUT2D eigenvalue weighted by molar-refractivity contribution is 0.229. The molecule has 0 unspecified atom stereocenters. The van der Waals surface area contributed by atoms with Crippen molar-refractivity contribution >= 4 is 11.6 Å². The zero-order valence-electron chi connectivity index (χ0n) is 13.9. The van der Waals surface area contributed by atoms with Crippen molar-refractivity contribution in [3.8, 4) is 17.4 Å². The maximum atomic E-state index is 6.32. The smallest absolute Gasteiger partial charge is 0.297 e. The molecule has 25 heavy (non-hydrogen) atoms. The molecule has 1 aliphatic rings. The molecule has 2 heterocycles. The van der Waals surface area contributed by atoms with Crippen LogP contribution in [0.3, 0.4) is 0 Å². The standard InChI is InChI=1S/C17H19ClN6O/c1-2-6-13-20-14(22-24(13)12-8-4-3-7-11(12)18)15-21-16(23-25-15)17(19)9-5-10-17/h3-4,7-8H,2,5-6,9-10,19H2,1H3. The fourth-order valence-electron chi connectivity index (χ4n) is 2.93. The molecule has 0 aliphatic heterocycles. The first-order valence-corrected chi connectivity index (χ1v) is 8.83. The largest absolute Gasteiger partial charge is 0.330 e. The van der Waals surface area contributed by atoms with Gasteiger partial charge in [-0.2, -0.15) is 4.98 Å². The van der Waals surface area contributed by atoms with Crippen molar-refractivity contribution in [2.75, 3.05) is 0 Å². The molecule has 1 saturated carbocycles. The molecule has 0 amide bonds. The molecule has 130 valence electrons. The fourth-order valence-corrected chi connectivity index (χ4v) is 3.15. The average Bonchev–Trinajstić information content (AvgIpc) is 3.21. The molecule has 0 radical (unpaired) electrons. The lowest BCUT2D eigenvalue weighted by Gasteiger charge is -2.34. The van der Waals surface area contributed by atoms with E-state index in [2.05, 4.69) is 27.1 Å². The van der Waals surface area contributed by atoms with E-state index in [9.17, 15) is 0 Å². The molecule has 1 aromatic carbocycles. The van der Waals surface area contributed by atoms with Crippen molar-refractivity contribution < 1.29 is 4.52 Å². The number of hydrogen-bond donors (Lipinski definition) is 1. The zero-order valence-corrected chi connectivity index (χ0v) is 14.7. The van der Waals surface area contributed by atoms with Gasteiger partial charge in [-0.15, -0.1) is 5.10 Å². The van der Waals surface area contributed by atoms with Gasteiger partial charge >= 0.3 is 0 Å². The second-order valence-electron chi connectivity index (χ2n) is 6.40. The Morgan fingerprint density at radius 1 is 1.28 bits per heavy atom. The van der Waals surface area contributed by atoms with Crippen molar-refractivity contribution in [1.29, 1.82) is 0 Å². The van der Waals surface area contributed by atoms with E-state index in [-0.39, 0.29) is 5.89 Å². The summed E-state index contributed by atoms with van der Waals surface area (Å²) in [4.78, 5) is 9.01. The Balaban J connectivity index is 1.74. The van der Waals surface area contributed by atoms with Crippen molar-refractivity contribution in [3.63, 3.8) is 0 Å². The Bertz CT molecular complexity index is 898. The predicted molar refractivity (Wildman–Crippen MR) is 93.4 cm³/mol. The van der Waals surface area contributed by atoms with Crippen molar-refractivity contribution in [2.24, 2.45) is 5.73 Å². The quantitative estimate of drug-likeness (QED) is 0.752. The van der Waals surface area contributed by atoms with Crippen LogP contribution in [0.5, 0.6) is 0 Å². The molecule has 2 aromatic heterocycles. The van der Waals surface area contributed by atoms with Crippen molar-refractivity contribution in [1.82, 2.24) is 24.9 Å². The summed E-state index contributed by atoms with van der Waals surface area (Å²) in [6, 6.07) is 7.53. The van der Waals surface area contributed by atoms with Gasteiger partial charge in [-0.3, -0.25) is 0 Å². The van der Waals surface area contributed by atoms with Gasteiger partial charge in [0.25, 0.3) is 5.89 Å². The minimum Gasteiger partial charge on any atom is -0.330 e. The van der Waals surface area contributed by atoms with Crippen molar-refractivity contribution in [3.05, 3.63) is 40.9 Å². The maximum absolute atomic E-state index is 6.32. The number of rotatable bonds is 5. The SMILES string of the molecule is CCCc1nc(-c2nc(C3(N)CCC3)no2)nn1-c1ccccc1Cl. The van der Waals surface area contributed by atoms with E-state index >= 15 is 0 Å². The summed E-state index contributed by atoms with van der Waals surface area (Å²) in [6.45, 7) is 2.09. The third-order valence-electron chi connectivity index (χ3n) is 4.54. The first-order valence-electron chi connectivity index (χ1n) is 8.45. The number of hydrogen-bond acceptors (Lipinski definition) is 6. The highest BCUT2D eigenvalue weighted by atomic mass is 35.5. The van der Waals surface area contributed by atoms with E-state index in [4.69, 9.17) is 21.9 Å². The van der Waals surface area contributed by atoms with Gasteiger partial charge in [0.05, 0.1) is 16.2 Å². The van der Waals surface area contributed by atoms with Crippen LogP contribution >= 0.6 is 11.6 Å². The summed E-state index contributed by atoms with van der Waals surface area (Å²) in [5, 5.41) is 9.20. The van der Waals surface area contributed by atoms with Gasteiger partial charge < -0.3 is 10.3 Å². The summed E-state index contributed by atoms with van der Waals surface area (Å²) in [5.41, 5.74) is 6.57. The van der Waals surface area contributed by atoms with Crippen LogP contribution in [-0.4, -0.2) is 24.9 Å². The summed E-state index contributed by atoms with van der Waals surface area (Å²) in [7, 11) is 0. The highest BCUT2D eigenvalue weighted by molar-refractivity contribution is 6.32. The fraction of sp³-hybridized carbons (Fsp3) is 0.412. The molecule has 1 aliphatic carbocycles. The molecule has 4 rings (SSSR count). The monoisotopic (exact) mass is 358 g/mol. The lowest BCUT2D eigenvalue weighted by atomic mass is 9.77. The van der Waals surface area contributed by atoms with Crippen LogP contribution in [0.2, 0.25) is 5.02 Å². The average molecular weight is 359 g/mol. The number of aryl methyl sites for hydroxylation is 1. The third-order valence-corrected chi connectivity index (χ3v) is 4.86. The first-order chi connectivity index (χ1) is 12.1. The van der Waals surface area contributed by atoms with Crippen molar-refractivity contribution in [2.45, 2.75) is 44.6 Å². The zero-order chi connectivity index (χ0) is 17.4. The summed E-state index contributed by atoms with van der Waals surface area (Å²) in [6.07, 6.45) is 4.52. The van der Waals surface area contributed by atoms with E-state index in [1.807, 2.05) is 24.3 Å². The number of nitrogens with two attached hydrogens (primary N) is 1. The second-order valence-corrected chi connectivity index (χ2v) is 6.80. The molecule has 0 spiro atoms. The maximum Gasteiger partial charge on any atom is 0.297 e. The first kappa shape index (κ1) is 16.2. The van der Waals surface area contributed by atoms with Gasteiger partial charge in [0.15, 0.2) is 5.82 Å². The van der Waals surface area contributed by atoms with E-state index in [1.54, 1.807) is 4.68 Å². The van der Waals surface area contributed by atoms with Crippen LogP contribution in [0.1, 0.15) is 44.3 Å². The molecule has 3 aromatic rings. The number of para-hydroxylation sites is 1. The topological polar surface area (TPSA) is 95.7 Å². The van der Waals surface area contributed by atoms with E-state index in [1.165, 1.54) is 0 Å². The Labute approximate surface area is 150 Å². The van der Waals surface area contributed by atoms with Crippen LogP contribution in [0.15, 0.2) is 28.8 Å². The van der Waals surface area contributed by atoms with Gasteiger partial charge in [0, 0.05) is 6.42 Å². The van der Waals surface area contributed by atoms with E-state index < -0.39 is 5.54 Å². The number of aromatic nitrogens is 5. The Morgan fingerprint density at radius 2 is 2.08 bits per heavy atom. The van der Waals surface area contributed by atoms with E-state index in [0.29, 0.717) is 16.7 Å². The predicted octanol–water partition coefficient (Wildman–Crippen LogP) is 3.26. The highest BCUT2D eigenvalue weighted by Crippen LogP contribution is 2.37. The molecule has 7 nitrogen and oxygen atoms in total. The lowest BCUT2D eigenvalue weighted by Crippen LogP contribution is -2.44. The normalized spacial score (nSPS) is 16.0. The van der Waals surface area contributed by atoms with Gasteiger partial charge in [0.1, 0.15) is 5.82 Å². The Hall–Kier alpha value is -2.25. The Morgan fingerprint density at radius 3 is 2.76 bits per heavy atom. The van der Waals surface area contributed by atoms with Crippen LogP contribution in [0, 0.1) is 0 Å². The highest BCUT2D eigenvalue weighted by Gasteiger charge is 2.39. The summed E-state index contributed by atoms with van der Waals surface area (Å²) in [5.74, 6) is 2.01. The summed E-state index contributed by atoms with van der Waals surface area (Å²) < 4.78 is 7.12. The minimum atomic E-state index is -0.473. The van der Waals surface area contributed by atoms with Gasteiger partial charge in [-0.25, -0.2) is 9.67 Å². The van der Waals surface area contributed by atoms with Crippen LogP contribution < -0.4 is 5.73 Å². The molecule has 2 N–H and O–H groups in total. The third kappa shape index (κ3) is 2.83. The number of benzene rings is 1. The van der Waals surface area contributed by atoms with Crippen LogP contribution in [0.25, 0.3) is 17.4 Å². The van der Waals surface area contributed by atoms with E-state index in [0.717, 1.165) is 43.6 Å². The molecule has 1 fully saturated rings. The minimum absolute atomic E-state index is 0.287. The molecule has 8 heteroatoms. The van der Waals surface area contributed by atoms with Gasteiger partial charge in [-0.05, 0) is 37.8 Å². The molecule has 0 bridgehead atoms. The number of halogens is 1. The second kappa shape index (κ2) is 6.24. The molecular formula is C17H19ClN6O.